The molecule has 0 spiro atoms. The number of hydrogen-bond acceptors (Lipinski definition) is 6. The number of fused-ring (bicyclic) bond motifs is 1. The number of carbonyl (C=O) groups is 1. The molecule has 0 bridgehead atoms. The lowest BCUT2D eigenvalue weighted by Crippen LogP contribution is -2.35. The molecule has 5 rings (SSSR count). The van der Waals surface area contributed by atoms with Crippen molar-refractivity contribution >= 4 is 40.4 Å². The summed E-state index contributed by atoms with van der Waals surface area (Å²) in [5.41, 5.74) is 4.80. The molecule has 0 atom stereocenters. The molecule has 0 unspecified atom stereocenters. The van der Waals surface area contributed by atoms with Gasteiger partial charge in [0.2, 0.25) is 5.95 Å². The number of nitrogens with one attached hydrogen (secondary N) is 1. The van der Waals surface area contributed by atoms with Crippen LogP contribution in [0, 0.1) is 12.7 Å². The molecule has 0 aliphatic heterocycles. The van der Waals surface area contributed by atoms with Crippen LogP contribution in [-0.2, 0) is 13.1 Å². The zero-order valence-electron chi connectivity index (χ0n) is 23.2. The molecule has 0 radical (unpaired) electrons. The van der Waals surface area contributed by atoms with Crippen molar-refractivity contribution in [2.24, 2.45) is 0 Å². The molecule has 0 saturated heterocycles. The highest BCUT2D eigenvalue weighted by Crippen LogP contribution is 2.25. The van der Waals surface area contributed by atoms with Crippen molar-refractivity contribution in [2.45, 2.75) is 20.0 Å². The van der Waals surface area contributed by atoms with Crippen LogP contribution in [0.2, 0.25) is 5.02 Å². The van der Waals surface area contributed by atoms with Crippen LogP contribution < -0.4 is 10.2 Å². The Labute approximate surface area is 243 Å². The van der Waals surface area contributed by atoms with Crippen LogP contribution in [0.15, 0.2) is 79.1 Å². The molecule has 5 aromatic rings. The molecule has 1 N–H and O–H groups in total. The maximum Gasteiger partial charge on any atom is 0.253 e. The van der Waals surface area contributed by atoms with E-state index in [2.05, 4.69) is 10.3 Å². The number of amides is 1. The summed E-state index contributed by atoms with van der Waals surface area (Å²) in [6, 6.07) is 21.5. The zero-order chi connectivity index (χ0) is 28.9. The molecule has 0 aliphatic carbocycles. The third kappa shape index (κ3) is 6.63. The zero-order valence-corrected chi connectivity index (χ0v) is 23.9. The summed E-state index contributed by atoms with van der Waals surface area (Å²) >= 11 is 6.44. The van der Waals surface area contributed by atoms with E-state index in [9.17, 15) is 9.18 Å². The second kappa shape index (κ2) is 12.3. The lowest BCUT2D eigenvalue weighted by atomic mass is 10.1. The van der Waals surface area contributed by atoms with E-state index in [1.165, 1.54) is 12.1 Å². The van der Waals surface area contributed by atoms with E-state index in [4.69, 9.17) is 21.6 Å². The maximum absolute atomic E-state index is 13.4. The Morgan fingerprint density at radius 1 is 1.00 bits per heavy atom. The number of aromatic nitrogens is 4. The summed E-state index contributed by atoms with van der Waals surface area (Å²) in [4.78, 5) is 30.8. The Morgan fingerprint density at radius 2 is 1.78 bits per heavy atom. The van der Waals surface area contributed by atoms with Gasteiger partial charge in [-0.25, -0.2) is 9.37 Å². The van der Waals surface area contributed by atoms with Gasteiger partial charge in [-0.15, -0.1) is 0 Å². The topological polar surface area (TPSA) is 79.2 Å². The Balaban J connectivity index is 1.40. The largest absolute Gasteiger partial charge is 0.364 e. The van der Waals surface area contributed by atoms with Gasteiger partial charge in [-0.2, -0.15) is 9.97 Å². The minimum atomic E-state index is -0.286. The summed E-state index contributed by atoms with van der Waals surface area (Å²) in [6.07, 6.45) is 1.73. The van der Waals surface area contributed by atoms with E-state index in [1.54, 1.807) is 30.4 Å². The number of halogens is 2. The number of rotatable bonds is 10. The van der Waals surface area contributed by atoms with Gasteiger partial charge in [-0.3, -0.25) is 4.79 Å². The second-order valence-corrected chi connectivity index (χ2v) is 10.4. The third-order valence-electron chi connectivity index (χ3n) is 6.85. The van der Waals surface area contributed by atoms with Crippen molar-refractivity contribution in [1.82, 2.24) is 24.4 Å². The van der Waals surface area contributed by atoms with Crippen molar-refractivity contribution in [2.75, 3.05) is 37.4 Å². The number of carbonyl (C=O) groups excluding carboxylic acids is 1. The predicted octanol–water partition coefficient (Wildman–Crippen LogP) is 5.80. The lowest BCUT2D eigenvalue weighted by molar-refractivity contribution is 0.0798. The summed E-state index contributed by atoms with van der Waals surface area (Å²) in [5, 5.41) is 4.01. The molecule has 3 aromatic carbocycles. The van der Waals surface area contributed by atoms with Crippen molar-refractivity contribution in [1.29, 1.82) is 0 Å². The van der Waals surface area contributed by atoms with Crippen LogP contribution in [-0.4, -0.2) is 57.5 Å². The van der Waals surface area contributed by atoms with Gasteiger partial charge in [-0.1, -0.05) is 59.6 Å². The number of imidazole rings is 1. The minimum Gasteiger partial charge on any atom is -0.364 e. The van der Waals surface area contributed by atoms with Crippen molar-refractivity contribution in [3.05, 3.63) is 112 Å². The van der Waals surface area contributed by atoms with E-state index in [1.807, 2.05) is 72.0 Å². The number of benzene rings is 3. The van der Waals surface area contributed by atoms with Crippen LogP contribution >= 0.6 is 11.6 Å². The molecule has 210 valence electrons. The number of nitrogens with zero attached hydrogens (tertiary/aromatic N) is 6. The number of hydrogen-bond donors (Lipinski definition) is 1. The van der Waals surface area contributed by atoms with Gasteiger partial charge in [-0.05, 0) is 48.4 Å². The molecule has 0 fully saturated rings. The van der Waals surface area contributed by atoms with Crippen LogP contribution in [0.4, 0.5) is 16.2 Å². The normalized spacial score (nSPS) is 11.0. The molecule has 2 aromatic heterocycles. The summed E-state index contributed by atoms with van der Waals surface area (Å²) < 4.78 is 15.3. The molecule has 0 saturated carbocycles. The Kier molecular flexibility index (Phi) is 8.45. The van der Waals surface area contributed by atoms with Gasteiger partial charge >= 0.3 is 0 Å². The van der Waals surface area contributed by atoms with Crippen LogP contribution in [0.1, 0.15) is 27.0 Å². The first-order chi connectivity index (χ1) is 19.8. The van der Waals surface area contributed by atoms with Crippen LogP contribution in [0.3, 0.4) is 0 Å². The van der Waals surface area contributed by atoms with Gasteiger partial charge in [0.25, 0.3) is 5.91 Å². The Morgan fingerprint density at radius 3 is 2.54 bits per heavy atom. The maximum atomic E-state index is 13.4. The van der Waals surface area contributed by atoms with Crippen LogP contribution in [0.5, 0.6) is 0 Å². The molecule has 10 heteroatoms. The first-order valence-corrected chi connectivity index (χ1v) is 13.6. The molecule has 41 heavy (non-hydrogen) atoms. The monoisotopic (exact) mass is 571 g/mol. The first-order valence-electron chi connectivity index (χ1n) is 13.3. The highest BCUT2D eigenvalue weighted by atomic mass is 35.5. The molecule has 0 aliphatic rings. The summed E-state index contributed by atoms with van der Waals surface area (Å²) in [7, 11) is 3.68. The van der Waals surface area contributed by atoms with E-state index in [0.717, 1.165) is 16.7 Å². The highest BCUT2D eigenvalue weighted by molar-refractivity contribution is 6.31. The number of likely N-dealkylation sites (N-methyl/N-ethyl adjacent to an activating group) is 2. The highest BCUT2D eigenvalue weighted by Gasteiger charge is 2.18. The van der Waals surface area contributed by atoms with Gasteiger partial charge < -0.3 is 19.7 Å². The van der Waals surface area contributed by atoms with E-state index >= 15 is 0 Å². The molecule has 1 amide bonds. The fourth-order valence-corrected chi connectivity index (χ4v) is 4.64. The Hall–Kier alpha value is -4.50. The molecule has 2 heterocycles. The minimum absolute atomic E-state index is 0.0436. The van der Waals surface area contributed by atoms with Gasteiger partial charge in [0.15, 0.2) is 17.0 Å². The molecular weight excluding hydrogens is 541 g/mol. The number of aryl methyl sites for hydroxylation is 1. The average Bonchev–Trinajstić information content (AvgIpc) is 3.38. The standard InChI is InChI=1S/C31H31ClFN7O/c1-21-7-6-9-23(17-21)30(41)38(2)15-16-39(3)31-36-28(34-18-22-11-13-25(33)14-12-22)27-29(37-31)40(20-35-27)19-24-8-4-5-10-26(24)32/h4-14,17,20H,15-16,18-19H2,1-3H3,(H,34,36,37). The quantitative estimate of drug-likeness (QED) is 0.228. The first kappa shape index (κ1) is 28.0. The number of anilines is 2. The fraction of sp³-hybridized carbons (Fsp3) is 0.226. The van der Waals surface area contributed by atoms with Crippen molar-refractivity contribution in [3.8, 4) is 0 Å². The predicted molar refractivity (Wildman–Crippen MR) is 161 cm³/mol. The van der Waals surface area contributed by atoms with E-state index in [-0.39, 0.29) is 11.7 Å². The SMILES string of the molecule is Cc1cccc(C(=O)N(C)CCN(C)c2nc(NCc3ccc(F)cc3)c3ncn(Cc4ccccc4Cl)c3n2)c1. The smallest absolute Gasteiger partial charge is 0.253 e. The lowest BCUT2D eigenvalue weighted by Gasteiger charge is -2.23. The van der Waals surface area contributed by atoms with Gasteiger partial charge in [0, 0.05) is 44.3 Å². The molecular formula is C31H31ClFN7O. The van der Waals surface area contributed by atoms with Crippen LogP contribution in [0.25, 0.3) is 11.2 Å². The van der Waals surface area contributed by atoms with Gasteiger partial charge in [0.1, 0.15) is 5.82 Å². The fourth-order valence-electron chi connectivity index (χ4n) is 4.44. The van der Waals surface area contributed by atoms with E-state index in [0.29, 0.717) is 59.7 Å². The molecule has 8 nitrogen and oxygen atoms in total. The van der Waals surface area contributed by atoms with Gasteiger partial charge in [0.05, 0.1) is 12.9 Å². The Bertz CT molecular complexity index is 1670. The van der Waals surface area contributed by atoms with E-state index < -0.39 is 0 Å². The third-order valence-corrected chi connectivity index (χ3v) is 7.22. The van der Waals surface area contributed by atoms with Crippen molar-refractivity contribution < 1.29 is 9.18 Å². The summed E-state index contributed by atoms with van der Waals surface area (Å²) in [5.74, 6) is 0.712. The average molecular weight is 572 g/mol. The second-order valence-electron chi connectivity index (χ2n) is 10.0. The summed E-state index contributed by atoms with van der Waals surface area (Å²) in [6.45, 7) is 3.87. The van der Waals surface area contributed by atoms with Crippen molar-refractivity contribution in [3.63, 3.8) is 0 Å².